The average molecular weight is 621 g/mol. The van der Waals surface area contributed by atoms with Gasteiger partial charge in [-0.2, -0.15) is 23.5 Å². The average Bonchev–Trinajstić information content (AvgIpc) is 3.25. The Morgan fingerprint density at radius 3 is 1.35 bits per heavy atom. The fourth-order valence-electron chi connectivity index (χ4n) is 4.57. The molecule has 0 amide bonds. The van der Waals surface area contributed by atoms with Crippen LogP contribution in [0.15, 0.2) is 22.4 Å². The zero-order valence-electron chi connectivity index (χ0n) is 23.7. The molecular formula is C27H48N4S6. The molecule has 37 heavy (non-hydrogen) atoms. The van der Waals surface area contributed by atoms with Gasteiger partial charge in [-0.05, 0) is 104 Å². The third-order valence-corrected chi connectivity index (χ3v) is 10.7. The van der Waals surface area contributed by atoms with Gasteiger partial charge < -0.3 is 18.3 Å². The van der Waals surface area contributed by atoms with Crippen LogP contribution in [0.4, 0.5) is 0 Å². The highest BCUT2D eigenvalue weighted by Gasteiger charge is 2.21. The van der Waals surface area contributed by atoms with E-state index in [4.69, 9.17) is 24.4 Å². The van der Waals surface area contributed by atoms with Gasteiger partial charge in [0.05, 0.1) is 10.1 Å². The molecule has 0 saturated carbocycles. The van der Waals surface area contributed by atoms with E-state index in [9.17, 15) is 0 Å². The van der Waals surface area contributed by atoms with Crippen LogP contribution in [0.5, 0.6) is 0 Å². The second kappa shape index (κ2) is 15.9. The summed E-state index contributed by atoms with van der Waals surface area (Å²) >= 11 is 24.7. The van der Waals surface area contributed by atoms with Crippen molar-refractivity contribution >= 4 is 73.2 Å². The minimum absolute atomic E-state index is 0.222. The van der Waals surface area contributed by atoms with E-state index in [1.165, 1.54) is 55.1 Å². The van der Waals surface area contributed by atoms with E-state index in [1.807, 2.05) is 0 Å². The van der Waals surface area contributed by atoms with Crippen molar-refractivity contribution in [3.8, 4) is 0 Å². The summed E-state index contributed by atoms with van der Waals surface area (Å²) in [5.74, 6) is 5.02. The molecule has 0 saturated heterocycles. The third kappa shape index (κ3) is 11.0. The topological polar surface area (TPSA) is 19.7 Å². The molecule has 0 atom stereocenters. The van der Waals surface area contributed by atoms with Gasteiger partial charge in [0.2, 0.25) is 0 Å². The normalized spacial score (nSPS) is 12.5. The highest BCUT2D eigenvalue weighted by molar-refractivity contribution is 8.00. The lowest BCUT2D eigenvalue weighted by Crippen LogP contribution is -2.20. The molecule has 4 nitrogen and oxygen atoms in total. The van der Waals surface area contributed by atoms with E-state index in [0.29, 0.717) is 0 Å². The van der Waals surface area contributed by atoms with Crippen molar-refractivity contribution in [1.29, 1.82) is 0 Å². The summed E-state index contributed by atoms with van der Waals surface area (Å²) in [5, 5.41) is 1.94. The predicted molar refractivity (Wildman–Crippen MR) is 178 cm³/mol. The van der Waals surface area contributed by atoms with Gasteiger partial charge >= 0.3 is 0 Å². The van der Waals surface area contributed by atoms with Crippen molar-refractivity contribution in [3.05, 3.63) is 21.9 Å². The lowest BCUT2D eigenvalue weighted by atomic mass is 9.88. The summed E-state index contributed by atoms with van der Waals surface area (Å²) in [5.41, 5.74) is 0.444. The molecule has 2 rings (SSSR count). The summed E-state index contributed by atoms with van der Waals surface area (Å²) < 4.78 is 10.3. The molecule has 0 spiro atoms. The lowest BCUT2D eigenvalue weighted by molar-refractivity contribution is 0.270. The van der Waals surface area contributed by atoms with Crippen LogP contribution in [0.2, 0.25) is 0 Å². The Kier molecular flexibility index (Phi) is 14.4. The Morgan fingerprint density at radius 2 is 1.03 bits per heavy atom. The van der Waals surface area contributed by atoms with Crippen LogP contribution in [0.3, 0.4) is 0 Å². The van der Waals surface area contributed by atoms with E-state index in [0.717, 1.165) is 45.8 Å². The van der Waals surface area contributed by atoms with E-state index in [2.05, 4.69) is 121 Å². The van der Waals surface area contributed by atoms with Crippen LogP contribution in [0.1, 0.15) is 73.6 Å². The summed E-state index contributed by atoms with van der Waals surface area (Å²) in [7, 11) is 0. The first-order valence-corrected chi connectivity index (χ1v) is 17.6. The van der Waals surface area contributed by atoms with E-state index in [-0.39, 0.29) is 10.8 Å². The Labute approximate surface area is 255 Å². The first-order chi connectivity index (χ1) is 17.4. The largest absolute Gasteiger partial charge is 0.323 e. The molecule has 0 aliphatic carbocycles. The van der Waals surface area contributed by atoms with Gasteiger partial charge in [0.1, 0.15) is 0 Å². The molecule has 0 aromatic carbocycles. The summed E-state index contributed by atoms with van der Waals surface area (Å²) in [6.45, 7) is 17.3. The van der Waals surface area contributed by atoms with Crippen molar-refractivity contribution in [2.75, 3.05) is 23.0 Å². The minimum atomic E-state index is 0.222. The van der Waals surface area contributed by atoms with Crippen LogP contribution in [0, 0.1) is 20.4 Å². The molecule has 0 N–H and O–H groups in total. The quantitative estimate of drug-likeness (QED) is 0.0984. The molecule has 2 aromatic heterocycles. The Bertz CT molecular complexity index is 992. The predicted octanol–water partition coefficient (Wildman–Crippen LogP) is 9.14. The fraction of sp³-hybridized carbons (Fsp3) is 0.778. The van der Waals surface area contributed by atoms with Crippen molar-refractivity contribution in [1.82, 2.24) is 18.3 Å². The number of thioether (sulfide) groups is 2. The maximum atomic E-state index is 5.62. The fourth-order valence-corrected chi connectivity index (χ4v) is 7.99. The molecule has 212 valence electrons. The SMILES string of the molecule is CCn1cc(S)n(CC(C)(C)CCCSCCCSCCCC(C)(C)Cn2c(S)cn(CC)c2=S)c1=S. The van der Waals surface area contributed by atoms with Gasteiger partial charge in [0, 0.05) is 38.6 Å². The monoisotopic (exact) mass is 620 g/mol. The van der Waals surface area contributed by atoms with Crippen molar-refractivity contribution in [3.63, 3.8) is 0 Å². The maximum absolute atomic E-state index is 5.62. The smallest absolute Gasteiger partial charge is 0.180 e. The third-order valence-electron chi connectivity index (χ3n) is 6.76. The number of aromatic nitrogens is 4. The molecule has 2 aromatic rings. The Hall–Kier alpha value is 0.260. The summed E-state index contributed by atoms with van der Waals surface area (Å²) in [6.07, 6.45) is 10.3. The number of imidazole rings is 2. The molecule has 0 unspecified atom stereocenters. The van der Waals surface area contributed by atoms with Crippen molar-refractivity contribution < 1.29 is 0 Å². The highest BCUT2D eigenvalue weighted by atomic mass is 32.2. The van der Waals surface area contributed by atoms with Gasteiger partial charge in [-0.25, -0.2) is 0 Å². The van der Waals surface area contributed by atoms with E-state index >= 15 is 0 Å². The number of rotatable bonds is 18. The molecular weight excluding hydrogens is 573 g/mol. The molecule has 0 aliphatic heterocycles. The van der Waals surface area contributed by atoms with Gasteiger partial charge in [0.25, 0.3) is 0 Å². The first kappa shape index (κ1) is 33.5. The van der Waals surface area contributed by atoms with E-state index in [1.54, 1.807) is 0 Å². The zero-order valence-corrected chi connectivity index (χ0v) is 28.7. The highest BCUT2D eigenvalue weighted by Crippen LogP contribution is 2.29. The second-order valence-corrected chi connectivity index (χ2v) is 15.5. The molecule has 0 radical (unpaired) electrons. The summed E-state index contributed by atoms with van der Waals surface area (Å²) in [6, 6.07) is 0. The molecule has 0 fully saturated rings. The molecule has 2 heterocycles. The zero-order chi connectivity index (χ0) is 27.6. The standard InChI is InChI=1S/C27H48N4S6/c1-7-28-18-22(32)30(24(28)34)20-26(3,4)12-9-14-36-16-11-17-37-15-10-13-27(5,6)21-31-23(33)19-29(8-2)25(31)35/h18-19,32-33H,7-17,20-21H2,1-6H3. The molecule has 0 bridgehead atoms. The number of hydrogen-bond donors (Lipinski definition) is 2. The Morgan fingerprint density at radius 1 is 0.676 bits per heavy atom. The van der Waals surface area contributed by atoms with Crippen LogP contribution in [-0.2, 0) is 26.2 Å². The first-order valence-electron chi connectivity index (χ1n) is 13.5. The van der Waals surface area contributed by atoms with Crippen LogP contribution in [0.25, 0.3) is 0 Å². The number of thiol groups is 2. The molecule has 10 heteroatoms. The van der Waals surface area contributed by atoms with Gasteiger partial charge in [-0.3, -0.25) is 0 Å². The number of hydrogen-bond acceptors (Lipinski definition) is 6. The van der Waals surface area contributed by atoms with Crippen LogP contribution >= 0.6 is 73.2 Å². The number of aryl methyl sites for hydroxylation is 2. The van der Waals surface area contributed by atoms with Crippen LogP contribution < -0.4 is 0 Å². The second-order valence-electron chi connectivity index (χ2n) is 11.4. The maximum Gasteiger partial charge on any atom is 0.180 e. The van der Waals surface area contributed by atoms with Crippen molar-refractivity contribution in [2.45, 2.75) is 110 Å². The minimum Gasteiger partial charge on any atom is -0.323 e. The van der Waals surface area contributed by atoms with E-state index < -0.39 is 0 Å². The number of nitrogens with zero attached hydrogens (tertiary/aromatic N) is 4. The summed E-state index contributed by atoms with van der Waals surface area (Å²) in [4.78, 5) is 0. The van der Waals surface area contributed by atoms with Gasteiger partial charge in [0.15, 0.2) is 9.54 Å². The van der Waals surface area contributed by atoms with Crippen LogP contribution in [-0.4, -0.2) is 41.3 Å². The van der Waals surface area contributed by atoms with Gasteiger partial charge in [-0.1, -0.05) is 27.7 Å². The van der Waals surface area contributed by atoms with Gasteiger partial charge in [-0.15, -0.1) is 25.3 Å². The van der Waals surface area contributed by atoms with Crippen molar-refractivity contribution in [2.24, 2.45) is 10.8 Å². The Balaban J connectivity index is 1.54. The molecule has 0 aliphatic rings. The lowest BCUT2D eigenvalue weighted by Gasteiger charge is -2.25.